The molecule has 0 spiro atoms. The lowest BCUT2D eigenvalue weighted by Crippen LogP contribution is -2.51. The van der Waals surface area contributed by atoms with E-state index in [1.807, 2.05) is 30.3 Å². The number of rotatable bonds is 7. The minimum atomic E-state index is -0.181. The summed E-state index contributed by atoms with van der Waals surface area (Å²) < 4.78 is 16.9. The summed E-state index contributed by atoms with van der Waals surface area (Å²) >= 11 is 0. The normalized spacial score (nSPS) is 22.4. The molecule has 132 valence electrons. The largest absolute Gasteiger partial charge is 0.492 e. The first-order valence-electron chi connectivity index (χ1n) is 8.75. The second-order valence-corrected chi connectivity index (χ2v) is 6.16. The van der Waals surface area contributed by atoms with E-state index in [4.69, 9.17) is 14.2 Å². The lowest BCUT2D eigenvalue weighted by atomic mass is 10.0. The molecule has 0 bridgehead atoms. The van der Waals surface area contributed by atoms with Gasteiger partial charge in [0.1, 0.15) is 12.4 Å². The Morgan fingerprint density at radius 1 is 1.21 bits per heavy atom. The highest BCUT2D eigenvalue weighted by molar-refractivity contribution is 5.78. The zero-order chi connectivity index (χ0) is 16.6. The summed E-state index contributed by atoms with van der Waals surface area (Å²) in [5.74, 6) is 0.843. The molecule has 1 amide bonds. The summed E-state index contributed by atoms with van der Waals surface area (Å²) in [5, 5.41) is 2.92. The average molecular weight is 334 g/mol. The predicted octanol–water partition coefficient (Wildman–Crippen LogP) is 1.41. The Morgan fingerprint density at radius 2 is 2.00 bits per heavy atom. The molecule has 1 aromatic rings. The van der Waals surface area contributed by atoms with Crippen molar-refractivity contribution >= 4 is 5.91 Å². The Bertz CT molecular complexity index is 505. The first-order chi connectivity index (χ1) is 11.8. The van der Waals surface area contributed by atoms with Crippen LogP contribution in [0.4, 0.5) is 0 Å². The van der Waals surface area contributed by atoms with Crippen molar-refractivity contribution in [2.24, 2.45) is 0 Å². The summed E-state index contributed by atoms with van der Waals surface area (Å²) in [6.45, 7) is 3.58. The molecular formula is C18H26N2O4. The standard InChI is InChI=1S/C18H26N2O4/c21-17(19-9-11-22-15-6-2-1-3-7-15)14-20-10-5-4-8-16(20)18-23-12-13-24-18/h1-3,6-7,16,18H,4-5,8-14H2,(H,19,21). The van der Waals surface area contributed by atoms with Gasteiger partial charge in [-0.15, -0.1) is 0 Å². The first kappa shape index (κ1) is 17.2. The van der Waals surface area contributed by atoms with Gasteiger partial charge in [0.2, 0.25) is 5.91 Å². The van der Waals surface area contributed by atoms with Crippen LogP contribution in [-0.4, -0.2) is 62.6 Å². The van der Waals surface area contributed by atoms with Crippen molar-refractivity contribution in [1.29, 1.82) is 0 Å². The number of amides is 1. The van der Waals surface area contributed by atoms with Gasteiger partial charge < -0.3 is 19.5 Å². The number of piperidine rings is 1. The molecule has 1 atom stereocenters. The second-order valence-electron chi connectivity index (χ2n) is 6.16. The summed E-state index contributed by atoms with van der Waals surface area (Å²) in [4.78, 5) is 14.4. The molecule has 1 unspecified atom stereocenters. The molecule has 0 radical (unpaired) electrons. The molecule has 2 aliphatic rings. The molecule has 24 heavy (non-hydrogen) atoms. The van der Waals surface area contributed by atoms with Gasteiger partial charge in [0.05, 0.1) is 32.3 Å². The Kier molecular flexibility index (Phi) is 6.46. The first-order valence-corrected chi connectivity index (χ1v) is 8.75. The summed E-state index contributed by atoms with van der Waals surface area (Å²) in [6.07, 6.45) is 3.12. The van der Waals surface area contributed by atoms with Crippen molar-refractivity contribution in [2.75, 3.05) is 39.5 Å². The highest BCUT2D eigenvalue weighted by Gasteiger charge is 2.34. The maximum absolute atomic E-state index is 12.2. The van der Waals surface area contributed by atoms with Gasteiger partial charge >= 0.3 is 0 Å². The van der Waals surface area contributed by atoms with E-state index in [0.29, 0.717) is 32.9 Å². The lowest BCUT2D eigenvalue weighted by molar-refractivity contribution is -0.131. The maximum atomic E-state index is 12.2. The quantitative estimate of drug-likeness (QED) is 0.764. The third-order valence-corrected chi connectivity index (χ3v) is 4.41. The Labute approximate surface area is 143 Å². The number of likely N-dealkylation sites (tertiary alicyclic amines) is 1. The molecule has 0 aliphatic carbocycles. The summed E-state index contributed by atoms with van der Waals surface area (Å²) in [7, 11) is 0. The van der Waals surface area contributed by atoms with E-state index in [-0.39, 0.29) is 18.2 Å². The van der Waals surface area contributed by atoms with Crippen LogP contribution in [-0.2, 0) is 14.3 Å². The molecule has 6 nitrogen and oxygen atoms in total. The van der Waals surface area contributed by atoms with Crippen molar-refractivity contribution in [1.82, 2.24) is 10.2 Å². The van der Waals surface area contributed by atoms with Crippen LogP contribution in [0.3, 0.4) is 0 Å². The number of para-hydroxylation sites is 1. The molecule has 6 heteroatoms. The zero-order valence-electron chi connectivity index (χ0n) is 14.0. The fraction of sp³-hybridized carbons (Fsp3) is 0.611. The minimum absolute atomic E-state index is 0.0246. The van der Waals surface area contributed by atoms with E-state index in [0.717, 1.165) is 31.6 Å². The molecule has 2 saturated heterocycles. The molecular weight excluding hydrogens is 308 g/mol. The highest BCUT2D eigenvalue weighted by atomic mass is 16.7. The third-order valence-electron chi connectivity index (χ3n) is 4.41. The number of nitrogens with zero attached hydrogens (tertiary/aromatic N) is 1. The van der Waals surface area contributed by atoms with Crippen molar-refractivity contribution in [3.63, 3.8) is 0 Å². The molecule has 0 aromatic heterocycles. The van der Waals surface area contributed by atoms with Crippen LogP contribution in [0.25, 0.3) is 0 Å². The van der Waals surface area contributed by atoms with Crippen LogP contribution < -0.4 is 10.1 Å². The number of carbonyl (C=O) groups excluding carboxylic acids is 1. The predicted molar refractivity (Wildman–Crippen MR) is 89.9 cm³/mol. The molecule has 1 aromatic carbocycles. The van der Waals surface area contributed by atoms with Gasteiger partial charge in [-0.2, -0.15) is 0 Å². The van der Waals surface area contributed by atoms with E-state index in [1.54, 1.807) is 0 Å². The molecule has 2 fully saturated rings. The van der Waals surface area contributed by atoms with Crippen LogP contribution >= 0.6 is 0 Å². The van der Waals surface area contributed by atoms with E-state index in [2.05, 4.69) is 10.2 Å². The van der Waals surface area contributed by atoms with Crippen LogP contribution in [0, 0.1) is 0 Å². The van der Waals surface area contributed by atoms with Crippen LogP contribution in [0.2, 0.25) is 0 Å². The Balaban J connectivity index is 1.38. The Hall–Kier alpha value is -1.63. The van der Waals surface area contributed by atoms with E-state index in [9.17, 15) is 4.79 Å². The summed E-state index contributed by atoms with van der Waals surface area (Å²) in [5.41, 5.74) is 0. The number of nitrogens with one attached hydrogen (secondary N) is 1. The van der Waals surface area contributed by atoms with Gasteiger partial charge in [-0.25, -0.2) is 0 Å². The Morgan fingerprint density at radius 3 is 2.79 bits per heavy atom. The van der Waals surface area contributed by atoms with Crippen LogP contribution in [0.1, 0.15) is 19.3 Å². The van der Waals surface area contributed by atoms with Gasteiger partial charge in [-0.1, -0.05) is 24.6 Å². The van der Waals surface area contributed by atoms with Crippen molar-refractivity contribution in [3.05, 3.63) is 30.3 Å². The van der Waals surface area contributed by atoms with E-state index < -0.39 is 0 Å². The second kappa shape index (κ2) is 9.01. The fourth-order valence-corrected chi connectivity index (χ4v) is 3.24. The van der Waals surface area contributed by atoms with Gasteiger partial charge in [0.25, 0.3) is 0 Å². The minimum Gasteiger partial charge on any atom is -0.492 e. The zero-order valence-corrected chi connectivity index (χ0v) is 14.0. The molecule has 0 saturated carbocycles. The summed E-state index contributed by atoms with van der Waals surface area (Å²) in [6, 6.07) is 9.80. The number of benzene rings is 1. The number of ether oxygens (including phenoxy) is 3. The van der Waals surface area contributed by atoms with Crippen LogP contribution in [0.15, 0.2) is 30.3 Å². The maximum Gasteiger partial charge on any atom is 0.234 e. The van der Waals surface area contributed by atoms with Gasteiger partial charge in [-0.05, 0) is 31.5 Å². The highest BCUT2D eigenvalue weighted by Crippen LogP contribution is 2.23. The smallest absolute Gasteiger partial charge is 0.234 e. The molecule has 2 heterocycles. The van der Waals surface area contributed by atoms with Gasteiger partial charge in [-0.3, -0.25) is 9.69 Å². The van der Waals surface area contributed by atoms with Crippen LogP contribution in [0.5, 0.6) is 5.75 Å². The average Bonchev–Trinajstić information content (AvgIpc) is 3.15. The third kappa shape index (κ3) is 4.93. The van der Waals surface area contributed by atoms with E-state index >= 15 is 0 Å². The van der Waals surface area contributed by atoms with Gasteiger partial charge in [0.15, 0.2) is 6.29 Å². The van der Waals surface area contributed by atoms with Crippen molar-refractivity contribution < 1.29 is 19.0 Å². The monoisotopic (exact) mass is 334 g/mol. The topological polar surface area (TPSA) is 60.0 Å². The van der Waals surface area contributed by atoms with Crippen molar-refractivity contribution in [3.8, 4) is 5.75 Å². The molecule has 2 aliphatic heterocycles. The number of carbonyl (C=O) groups is 1. The fourth-order valence-electron chi connectivity index (χ4n) is 3.24. The van der Waals surface area contributed by atoms with Gasteiger partial charge in [0, 0.05) is 0 Å². The number of hydrogen-bond donors (Lipinski definition) is 1. The number of hydrogen-bond acceptors (Lipinski definition) is 5. The SMILES string of the molecule is O=C(CN1CCCCC1C1OCCO1)NCCOc1ccccc1. The van der Waals surface area contributed by atoms with Crippen molar-refractivity contribution in [2.45, 2.75) is 31.6 Å². The molecule has 1 N–H and O–H groups in total. The van der Waals surface area contributed by atoms with E-state index in [1.165, 1.54) is 0 Å². The molecule has 3 rings (SSSR count). The lowest BCUT2D eigenvalue weighted by Gasteiger charge is -2.37.